The first-order valence-corrected chi connectivity index (χ1v) is 11.3. The number of ketones is 1. The molecule has 1 N–H and O–H groups in total. The molecular formula is C23H44N2O4. The van der Waals surface area contributed by atoms with Gasteiger partial charge in [0, 0.05) is 38.6 Å². The first kappa shape index (κ1) is 26.1. The predicted octanol–water partition coefficient (Wildman–Crippen LogP) is 3.28. The molecule has 7 atom stereocenters. The fourth-order valence-electron chi connectivity index (χ4n) is 4.69. The Labute approximate surface area is 178 Å². The number of likely N-dealkylation sites (tertiary alicyclic amines) is 1. The molecule has 2 unspecified atom stereocenters. The first-order chi connectivity index (χ1) is 13.8. The molecule has 0 bridgehead atoms. The van der Waals surface area contributed by atoms with E-state index in [1.165, 1.54) is 0 Å². The summed E-state index contributed by atoms with van der Waals surface area (Å²) in [6.07, 6.45) is 3.56. The molecule has 0 aromatic heterocycles. The summed E-state index contributed by atoms with van der Waals surface area (Å²) in [6.45, 7) is 11.0. The summed E-state index contributed by atoms with van der Waals surface area (Å²) in [7, 11) is 5.26. The number of hydrogen-bond donors (Lipinski definition) is 1. The van der Waals surface area contributed by atoms with E-state index < -0.39 is 0 Å². The molecule has 6 nitrogen and oxygen atoms in total. The van der Waals surface area contributed by atoms with Crippen molar-refractivity contribution in [2.24, 2.45) is 17.8 Å². The van der Waals surface area contributed by atoms with Gasteiger partial charge < -0.3 is 19.7 Å². The van der Waals surface area contributed by atoms with Crippen molar-refractivity contribution in [1.29, 1.82) is 0 Å². The van der Waals surface area contributed by atoms with E-state index in [0.29, 0.717) is 12.3 Å². The second-order valence-electron chi connectivity index (χ2n) is 8.68. The molecule has 1 heterocycles. The van der Waals surface area contributed by atoms with Crippen molar-refractivity contribution in [3.05, 3.63) is 0 Å². The molecular weight excluding hydrogens is 368 g/mol. The zero-order valence-electron chi connectivity index (χ0n) is 19.9. The molecule has 1 rings (SSSR count). The molecule has 1 aliphatic rings. The number of ether oxygens (including phenoxy) is 2. The van der Waals surface area contributed by atoms with E-state index in [1.807, 2.05) is 32.7 Å². The second-order valence-corrected chi connectivity index (χ2v) is 8.68. The average molecular weight is 413 g/mol. The number of Topliss-reactive ketones (excluding diaryl/α,β-unsaturated/α-hetero) is 1. The van der Waals surface area contributed by atoms with Crippen LogP contribution >= 0.6 is 0 Å². The van der Waals surface area contributed by atoms with Crippen LogP contribution in [-0.4, -0.2) is 68.7 Å². The van der Waals surface area contributed by atoms with E-state index in [0.717, 1.165) is 32.2 Å². The number of carbonyl (C=O) groups excluding carboxylic acids is 2. The van der Waals surface area contributed by atoms with Gasteiger partial charge in [0.25, 0.3) is 0 Å². The van der Waals surface area contributed by atoms with Crippen LogP contribution in [0, 0.1) is 17.8 Å². The molecule has 170 valence electrons. The number of carbonyl (C=O) groups is 2. The summed E-state index contributed by atoms with van der Waals surface area (Å²) in [5, 5.41) is 3.33. The monoisotopic (exact) mass is 412 g/mol. The molecule has 0 aromatic rings. The Morgan fingerprint density at radius 2 is 1.76 bits per heavy atom. The molecule has 29 heavy (non-hydrogen) atoms. The zero-order chi connectivity index (χ0) is 22.1. The van der Waals surface area contributed by atoms with Crippen LogP contribution in [0.2, 0.25) is 0 Å². The lowest BCUT2D eigenvalue weighted by Gasteiger charge is -2.36. The van der Waals surface area contributed by atoms with Gasteiger partial charge in [0.05, 0.1) is 24.7 Å². The normalized spacial score (nSPS) is 23.3. The van der Waals surface area contributed by atoms with Crippen molar-refractivity contribution in [3.63, 3.8) is 0 Å². The zero-order valence-corrected chi connectivity index (χ0v) is 19.9. The van der Waals surface area contributed by atoms with Crippen molar-refractivity contribution in [3.8, 4) is 0 Å². The second kappa shape index (κ2) is 12.7. The largest absolute Gasteiger partial charge is 0.379 e. The maximum atomic E-state index is 13.2. The Hall–Kier alpha value is -0.980. The van der Waals surface area contributed by atoms with E-state index >= 15 is 0 Å². The summed E-state index contributed by atoms with van der Waals surface area (Å²) in [6, 6.07) is 0.0729. The molecule has 0 saturated carbocycles. The molecule has 0 radical (unpaired) electrons. The molecule has 0 aliphatic carbocycles. The lowest BCUT2D eigenvalue weighted by atomic mass is 9.85. The quantitative estimate of drug-likeness (QED) is 0.503. The van der Waals surface area contributed by atoms with Crippen molar-refractivity contribution >= 4 is 11.7 Å². The van der Waals surface area contributed by atoms with E-state index in [1.54, 1.807) is 14.2 Å². The van der Waals surface area contributed by atoms with Crippen LogP contribution in [0.5, 0.6) is 0 Å². The Balaban J connectivity index is 2.92. The first-order valence-electron chi connectivity index (χ1n) is 11.3. The van der Waals surface area contributed by atoms with Gasteiger partial charge in [-0.3, -0.25) is 9.59 Å². The summed E-state index contributed by atoms with van der Waals surface area (Å²) in [4.78, 5) is 27.9. The van der Waals surface area contributed by atoms with Crippen molar-refractivity contribution in [1.82, 2.24) is 10.2 Å². The number of amides is 1. The Morgan fingerprint density at radius 3 is 2.24 bits per heavy atom. The molecule has 1 fully saturated rings. The minimum Gasteiger partial charge on any atom is -0.379 e. The fraction of sp³-hybridized carbons (Fsp3) is 0.913. The Kier molecular flexibility index (Phi) is 11.4. The highest BCUT2D eigenvalue weighted by Crippen LogP contribution is 2.29. The van der Waals surface area contributed by atoms with Crippen LogP contribution in [0.1, 0.15) is 66.7 Å². The van der Waals surface area contributed by atoms with Crippen molar-refractivity contribution < 1.29 is 19.1 Å². The highest BCUT2D eigenvalue weighted by atomic mass is 16.5. The smallest absolute Gasteiger partial charge is 0.225 e. The van der Waals surface area contributed by atoms with E-state index in [9.17, 15) is 9.59 Å². The number of nitrogens with one attached hydrogen (secondary N) is 1. The average Bonchev–Trinajstić information content (AvgIpc) is 3.21. The van der Waals surface area contributed by atoms with Gasteiger partial charge >= 0.3 is 0 Å². The third kappa shape index (κ3) is 6.50. The summed E-state index contributed by atoms with van der Waals surface area (Å²) in [5.74, 6) is 0.510. The summed E-state index contributed by atoms with van der Waals surface area (Å²) >= 11 is 0. The van der Waals surface area contributed by atoms with Gasteiger partial charge in [-0.2, -0.15) is 0 Å². The van der Waals surface area contributed by atoms with Gasteiger partial charge in [-0.05, 0) is 32.2 Å². The number of rotatable bonds is 13. The third-order valence-corrected chi connectivity index (χ3v) is 6.98. The summed E-state index contributed by atoms with van der Waals surface area (Å²) < 4.78 is 11.5. The lowest BCUT2D eigenvalue weighted by molar-refractivity contribution is -0.142. The van der Waals surface area contributed by atoms with Gasteiger partial charge in [-0.25, -0.2) is 0 Å². The van der Waals surface area contributed by atoms with Gasteiger partial charge in [-0.15, -0.1) is 0 Å². The number of hydrogen-bond acceptors (Lipinski definition) is 5. The van der Waals surface area contributed by atoms with Crippen LogP contribution < -0.4 is 5.32 Å². The van der Waals surface area contributed by atoms with Crippen LogP contribution in [0.3, 0.4) is 0 Å². The predicted molar refractivity (Wildman–Crippen MR) is 117 cm³/mol. The molecule has 6 heteroatoms. The van der Waals surface area contributed by atoms with E-state index in [4.69, 9.17) is 9.47 Å². The highest BCUT2D eigenvalue weighted by molar-refractivity contribution is 5.83. The van der Waals surface area contributed by atoms with Gasteiger partial charge in [0.15, 0.2) is 0 Å². The Bertz CT molecular complexity index is 513. The number of likely N-dealkylation sites (N-methyl/N-ethyl adjacent to an activating group) is 1. The standard InChI is InChI=1S/C23H44N2O4/c1-9-15(3)21(24-6)19(28-7)14-20(26)25-13-11-12-18(25)23(29-8)17(5)22(27)16(4)10-2/h15-19,21,23-24H,9-14H2,1-8H3/t15-,16?,17-,18-,19+,21-,23?/m0/s1. The van der Waals surface area contributed by atoms with Crippen LogP contribution in [0.15, 0.2) is 0 Å². The van der Waals surface area contributed by atoms with E-state index in [-0.39, 0.29) is 47.8 Å². The van der Waals surface area contributed by atoms with Crippen LogP contribution in [-0.2, 0) is 19.1 Å². The lowest BCUT2D eigenvalue weighted by Crippen LogP contribution is -2.51. The van der Waals surface area contributed by atoms with Gasteiger partial charge in [-0.1, -0.05) is 41.0 Å². The summed E-state index contributed by atoms with van der Waals surface area (Å²) in [5.41, 5.74) is 0. The minimum absolute atomic E-state index is 0.0120. The highest BCUT2D eigenvalue weighted by Gasteiger charge is 2.41. The van der Waals surface area contributed by atoms with Gasteiger partial charge in [0.1, 0.15) is 5.78 Å². The van der Waals surface area contributed by atoms with Crippen molar-refractivity contribution in [2.45, 2.75) is 91.0 Å². The maximum Gasteiger partial charge on any atom is 0.225 e. The molecule has 0 spiro atoms. The van der Waals surface area contributed by atoms with Crippen LogP contribution in [0.4, 0.5) is 0 Å². The van der Waals surface area contributed by atoms with Crippen LogP contribution in [0.25, 0.3) is 0 Å². The molecule has 1 aliphatic heterocycles. The minimum atomic E-state index is -0.265. The number of nitrogens with zero attached hydrogens (tertiary/aromatic N) is 1. The fourth-order valence-corrected chi connectivity index (χ4v) is 4.69. The maximum absolute atomic E-state index is 13.2. The van der Waals surface area contributed by atoms with E-state index in [2.05, 4.69) is 19.2 Å². The molecule has 0 aromatic carbocycles. The molecule has 1 saturated heterocycles. The Morgan fingerprint density at radius 1 is 1.10 bits per heavy atom. The van der Waals surface area contributed by atoms with Crippen molar-refractivity contribution in [2.75, 3.05) is 27.8 Å². The SMILES string of the molecule is CCC(C)C(=O)[C@H](C)C(OC)[C@@H]1CCCN1C(=O)C[C@@H](OC)[C@@H](NC)[C@@H](C)CC. The number of methoxy groups -OCH3 is 2. The molecule has 1 amide bonds. The topological polar surface area (TPSA) is 67.9 Å². The van der Waals surface area contributed by atoms with Gasteiger partial charge in [0.2, 0.25) is 5.91 Å². The third-order valence-electron chi connectivity index (χ3n) is 6.98.